The topological polar surface area (TPSA) is 86.4 Å². The number of hydrogen-bond acceptors (Lipinski definition) is 7. The molecule has 0 saturated carbocycles. The minimum absolute atomic E-state index is 0.394. The Morgan fingerprint density at radius 3 is 2.62 bits per heavy atom. The van der Waals surface area contributed by atoms with E-state index in [2.05, 4.69) is 19.9 Å². The number of aromatic nitrogens is 3. The monoisotopic (exact) mass is 411 g/mol. The number of nitrogens with two attached hydrogens (primary N) is 1. The molecule has 2 aromatic heterocycles. The van der Waals surface area contributed by atoms with Crippen molar-refractivity contribution in [1.82, 2.24) is 15.0 Å². The van der Waals surface area contributed by atoms with Crippen LogP contribution in [0.4, 0.5) is 5.82 Å². The van der Waals surface area contributed by atoms with Crippen LogP contribution < -0.4 is 15.4 Å². The van der Waals surface area contributed by atoms with Crippen LogP contribution in [0.3, 0.4) is 0 Å². The smallest absolute Gasteiger partial charge is 0.162 e. The molecule has 0 unspecified atom stereocenters. The summed E-state index contributed by atoms with van der Waals surface area (Å²) in [5, 5.41) is 0.571. The molecule has 1 saturated heterocycles. The molecule has 29 heavy (non-hydrogen) atoms. The average Bonchev–Trinajstić information content (AvgIpc) is 2.74. The number of nitrogens with zero attached hydrogens (tertiary/aromatic N) is 4. The molecular formula is C21H22ClN5O2. The van der Waals surface area contributed by atoms with Gasteiger partial charge in [-0.05, 0) is 19.1 Å². The number of morpholine rings is 1. The SMILES string of the molecule is Cc1cc(Oc2cc(Cl)ccc2-c2ncc(CN)cn2)cc(N2CCOCC2)n1. The zero-order valence-electron chi connectivity index (χ0n) is 16.1. The lowest BCUT2D eigenvalue weighted by molar-refractivity contribution is 0.122. The fraction of sp³-hybridized carbons (Fsp3) is 0.286. The Bertz CT molecular complexity index is 991. The van der Waals surface area contributed by atoms with Gasteiger partial charge >= 0.3 is 0 Å². The highest BCUT2D eigenvalue weighted by Crippen LogP contribution is 2.35. The van der Waals surface area contributed by atoms with Crippen LogP contribution in [0, 0.1) is 6.92 Å². The zero-order valence-corrected chi connectivity index (χ0v) is 16.9. The second-order valence-electron chi connectivity index (χ2n) is 6.76. The summed E-state index contributed by atoms with van der Waals surface area (Å²) < 4.78 is 11.7. The van der Waals surface area contributed by atoms with E-state index in [4.69, 9.17) is 26.8 Å². The maximum Gasteiger partial charge on any atom is 0.162 e. The summed E-state index contributed by atoms with van der Waals surface area (Å²) in [5.74, 6) is 2.68. The van der Waals surface area contributed by atoms with Crippen LogP contribution in [0.2, 0.25) is 5.02 Å². The van der Waals surface area contributed by atoms with Gasteiger partial charge in [0.25, 0.3) is 0 Å². The quantitative estimate of drug-likeness (QED) is 0.686. The van der Waals surface area contributed by atoms with Gasteiger partial charge in [0.15, 0.2) is 5.82 Å². The first-order chi connectivity index (χ1) is 14.1. The number of benzene rings is 1. The molecule has 0 bridgehead atoms. The Kier molecular flexibility index (Phi) is 5.89. The molecule has 1 fully saturated rings. The predicted molar refractivity (Wildman–Crippen MR) is 112 cm³/mol. The molecule has 4 rings (SSSR count). The molecular weight excluding hydrogens is 390 g/mol. The first-order valence-corrected chi connectivity index (χ1v) is 9.80. The van der Waals surface area contributed by atoms with Gasteiger partial charge in [0.1, 0.15) is 17.3 Å². The minimum Gasteiger partial charge on any atom is -0.456 e. The van der Waals surface area contributed by atoms with E-state index in [-0.39, 0.29) is 0 Å². The van der Waals surface area contributed by atoms with Crippen molar-refractivity contribution in [2.75, 3.05) is 31.2 Å². The van der Waals surface area contributed by atoms with Gasteiger partial charge in [0, 0.05) is 66.5 Å². The molecule has 0 radical (unpaired) electrons. The number of hydrogen-bond donors (Lipinski definition) is 1. The maximum atomic E-state index is 6.23. The number of pyridine rings is 1. The van der Waals surface area contributed by atoms with Crippen molar-refractivity contribution in [3.05, 3.63) is 59.0 Å². The van der Waals surface area contributed by atoms with Crippen molar-refractivity contribution in [3.63, 3.8) is 0 Å². The summed E-state index contributed by atoms with van der Waals surface area (Å²) in [6, 6.07) is 9.24. The highest BCUT2D eigenvalue weighted by Gasteiger charge is 2.16. The van der Waals surface area contributed by atoms with Gasteiger partial charge in [0.05, 0.1) is 18.8 Å². The molecule has 1 aliphatic rings. The second kappa shape index (κ2) is 8.73. The van der Waals surface area contributed by atoms with Crippen molar-refractivity contribution in [2.45, 2.75) is 13.5 Å². The third-order valence-corrected chi connectivity index (χ3v) is 4.84. The molecule has 8 heteroatoms. The molecule has 3 aromatic rings. The van der Waals surface area contributed by atoms with E-state index in [0.29, 0.717) is 42.1 Å². The summed E-state index contributed by atoms with van der Waals surface area (Å²) >= 11 is 6.23. The van der Waals surface area contributed by atoms with Gasteiger partial charge in [-0.2, -0.15) is 0 Å². The van der Waals surface area contributed by atoms with Crippen LogP contribution in [0.1, 0.15) is 11.3 Å². The Morgan fingerprint density at radius 2 is 1.90 bits per heavy atom. The molecule has 1 aromatic carbocycles. The highest BCUT2D eigenvalue weighted by atomic mass is 35.5. The molecule has 1 aliphatic heterocycles. The van der Waals surface area contributed by atoms with E-state index >= 15 is 0 Å². The first kappa shape index (κ1) is 19.6. The third kappa shape index (κ3) is 4.64. The average molecular weight is 412 g/mol. The van der Waals surface area contributed by atoms with E-state index in [1.54, 1.807) is 24.5 Å². The molecule has 7 nitrogen and oxygen atoms in total. The van der Waals surface area contributed by atoms with E-state index < -0.39 is 0 Å². The van der Waals surface area contributed by atoms with E-state index in [1.165, 1.54) is 0 Å². The van der Waals surface area contributed by atoms with Gasteiger partial charge in [-0.25, -0.2) is 15.0 Å². The lowest BCUT2D eigenvalue weighted by atomic mass is 10.2. The van der Waals surface area contributed by atoms with E-state index in [0.717, 1.165) is 35.7 Å². The van der Waals surface area contributed by atoms with Crippen LogP contribution in [0.15, 0.2) is 42.7 Å². The van der Waals surface area contributed by atoms with Gasteiger partial charge in [0.2, 0.25) is 0 Å². The summed E-state index contributed by atoms with van der Waals surface area (Å²) in [5.41, 5.74) is 8.13. The molecule has 0 aliphatic carbocycles. The molecule has 0 atom stereocenters. The van der Waals surface area contributed by atoms with Crippen LogP contribution in [-0.2, 0) is 11.3 Å². The predicted octanol–water partition coefficient (Wildman–Crippen LogP) is 3.59. The van der Waals surface area contributed by atoms with Crippen molar-refractivity contribution in [2.24, 2.45) is 5.73 Å². The van der Waals surface area contributed by atoms with Crippen molar-refractivity contribution in [3.8, 4) is 22.9 Å². The Hall–Kier alpha value is -2.74. The number of anilines is 1. The molecule has 0 amide bonds. The van der Waals surface area contributed by atoms with E-state index in [9.17, 15) is 0 Å². The van der Waals surface area contributed by atoms with E-state index in [1.807, 2.05) is 25.1 Å². The van der Waals surface area contributed by atoms with Crippen molar-refractivity contribution >= 4 is 17.4 Å². The summed E-state index contributed by atoms with van der Waals surface area (Å²) in [6.07, 6.45) is 3.43. The minimum atomic E-state index is 0.394. The van der Waals surface area contributed by atoms with Crippen molar-refractivity contribution < 1.29 is 9.47 Å². The largest absolute Gasteiger partial charge is 0.456 e. The second-order valence-corrected chi connectivity index (χ2v) is 7.20. The number of ether oxygens (including phenoxy) is 2. The first-order valence-electron chi connectivity index (χ1n) is 9.42. The van der Waals surface area contributed by atoms with Gasteiger partial charge < -0.3 is 20.1 Å². The van der Waals surface area contributed by atoms with Gasteiger partial charge in [-0.3, -0.25) is 0 Å². The summed E-state index contributed by atoms with van der Waals surface area (Å²) in [6.45, 7) is 5.34. The molecule has 0 spiro atoms. The number of aryl methyl sites for hydroxylation is 1. The van der Waals surface area contributed by atoms with Crippen molar-refractivity contribution in [1.29, 1.82) is 0 Å². The Labute approximate surface area is 174 Å². The molecule has 2 N–H and O–H groups in total. The maximum absolute atomic E-state index is 6.23. The van der Waals surface area contributed by atoms with Crippen LogP contribution in [-0.4, -0.2) is 41.3 Å². The molecule has 3 heterocycles. The Balaban J connectivity index is 1.67. The van der Waals surface area contributed by atoms with Gasteiger partial charge in [-0.1, -0.05) is 11.6 Å². The Morgan fingerprint density at radius 1 is 1.14 bits per heavy atom. The fourth-order valence-electron chi connectivity index (χ4n) is 3.12. The van der Waals surface area contributed by atoms with Crippen LogP contribution in [0.5, 0.6) is 11.5 Å². The standard InChI is InChI=1S/C21H22ClN5O2/c1-14-8-17(10-20(26-14)27-4-6-28-7-5-27)29-19-9-16(22)2-3-18(19)21-24-12-15(11-23)13-25-21/h2-3,8-10,12-13H,4-7,11,23H2,1H3. The van der Waals surface area contributed by atoms with Gasteiger partial charge in [-0.15, -0.1) is 0 Å². The summed E-state index contributed by atoms with van der Waals surface area (Å²) in [7, 11) is 0. The highest BCUT2D eigenvalue weighted by molar-refractivity contribution is 6.30. The lowest BCUT2D eigenvalue weighted by Crippen LogP contribution is -2.36. The zero-order chi connectivity index (χ0) is 20.2. The number of halogens is 1. The third-order valence-electron chi connectivity index (χ3n) is 4.60. The lowest BCUT2D eigenvalue weighted by Gasteiger charge is -2.28. The summed E-state index contributed by atoms with van der Waals surface area (Å²) in [4.78, 5) is 15.7. The van der Waals surface area contributed by atoms with Crippen LogP contribution in [0.25, 0.3) is 11.4 Å². The number of rotatable bonds is 5. The fourth-order valence-corrected chi connectivity index (χ4v) is 3.29. The molecule has 150 valence electrons. The van der Waals surface area contributed by atoms with Crippen LogP contribution >= 0.6 is 11.6 Å². The normalized spacial score (nSPS) is 14.1.